The van der Waals surface area contributed by atoms with Gasteiger partial charge in [-0.1, -0.05) is 0 Å². The van der Waals surface area contributed by atoms with E-state index in [4.69, 9.17) is 10.5 Å². The molecule has 1 aliphatic heterocycles. The van der Waals surface area contributed by atoms with E-state index in [9.17, 15) is 4.79 Å². The predicted octanol–water partition coefficient (Wildman–Crippen LogP) is 1.58. The van der Waals surface area contributed by atoms with Crippen molar-refractivity contribution >= 4 is 22.5 Å². The fraction of sp³-hybridized carbons (Fsp3) is 0.222. The zero-order valence-corrected chi connectivity index (χ0v) is 13.7. The van der Waals surface area contributed by atoms with E-state index < -0.39 is 0 Å². The van der Waals surface area contributed by atoms with E-state index in [0.717, 1.165) is 16.6 Å². The van der Waals surface area contributed by atoms with Crippen LogP contribution < -0.4 is 11.2 Å². The van der Waals surface area contributed by atoms with Gasteiger partial charge in [0.25, 0.3) is 5.91 Å². The summed E-state index contributed by atoms with van der Waals surface area (Å²) in [6.07, 6.45) is 1.78. The van der Waals surface area contributed by atoms with Crippen LogP contribution in [0.25, 0.3) is 16.6 Å². The van der Waals surface area contributed by atoms with Gasteiger partial charge in [0.15, 0.2) is 0 Å². The number of nitrogens with one attached hydrogen (secondary N) is 1. The summed E-state index contributed by atoms with van der Waals surface area (Å²) in [6.45, 7) is 2.67. The lowest BCUT2D eigenvalue weighted by molar-refractivity contribution is 0.0126. The van der Waals surface area contributed by atoms with Crippen LogP contribution in [0.1, 0.15) is 10.4 Å². The Morgan fingerprint density at radius 2 is 1.88 bits per heavy atom. The minimum absolute atomic E-state index is 0.119. The molecule has 1 fully saturated rings. The van der Waals surface area contributed by atoms with Crippen molar-refractivity contribution in [3.05, 3.63) is 54.2 Å². The zero-order valence-electron chi connectivity index (χ0n) is 13.7. The number of fused-ring (bicyclic) bond motifs is 1. The molecule has 0 unspecified atom stereocenters. The lowest BCUT2D eigenvalue weighted by Crippen LogP contribution is -2.48. The lowest BCUT2D eigenvalue weighted by Gasteiger charge is -2.26. The van der Waals surface area contributed by atoms with Crippen molar-refractivity contribution in [2.45, 2.75) is 0 Å². The van der Waals surface area contributed by atoms with Gasteiger partial charge in [-0.25, -0.2) is 9.69 Å². The first-order chi connectivity index (χ1) is 12.2. The Hall–Kier alpha value is -2.90. The van der Waals surface area contributed by atoms with E-state index in [1.807, 2.05) is 40.0 Å². The number of amides is 1. The van der Waals surface area contributed by atoms with Gasteiger partial charge < -0.3 is 10.5 Å². The van der Waals surface area contributed by atoms with E-state index in [0.29, 0.717) is 37.6 Å². The first kappa shape index (κ1) is 15.6. The number of nitrogen functional groups attached to an aromatic ring is 1. The highest BCUT2D eigenvalue weighted by Crippen LogP contribution is 2.20. The summed E-state index contributed by atoms with van der Waals surface area (Å²) in [6, 6.07) is 13.1. The van der Waals surface area contributed by atoms with Gasteiger partial charge in [-0.3, -0.25) is 10.2 Å². The van der Waals surface area contributed by atoms with Crippen molar-refractivity contribution in [1.29, 1.82) is 0 Å². The molecule has 0 spiro atoms. The van der Waals surface area contributed by atoms with Crippen LogP contribution in [0.15, 0.2) is 48.7 Å². The van der Waals surface area contributed by atoms with Gasteiger partial charge in [0.1, 0.15) is 0 Å². The molecule has 0 atom stereocenters. The average Bonchev–Trinajstić information content (AvgIpc) is 3.05. The average molecular weight is 337 g/mol. The Labute approximate surface area is 144 Å². The monoisotopic (exact) mass is 337 g/mol. The molecule has 128 valence electrons. The van der Waals surface area contributed by atoms with Crippen LogP contribution in [0.5, 0.6) is 0 Å². The quantitative estimate of drug-likeness (QED) is 0.709. The molecule has 0 aliphatic carbocycles. The number of nitrogens with two attached hydrogens (primary N) is 1. The highest BCUT2D eigenvalue weighted by Gasteiger charge is 2.14. The molecule has 1 amide bonds. The summed E-state index contributed by atoms with van der Waals surface area (Å²) in [5, 5.41) is 7.27. The molecule has 2 aromatic carbocycles. The SMILES string of the molecule is Nc1ccc2c(cnn2-c2ccc(C(=O)NN3CCOCC3)cc2)c1. The molecule has 7 heteroatoms. The van der Waals surface area contributed by atoms with Crippen LogP contribution in [0.2, 0.25) is 0 Å². The molecule has 4 rings (SSSR count). The van der Waals surface area contributed by atoms with E-state index in [2.05, 4.69) is 10.5 Å². The highest BCUT2D eigenvalue weighted by molar-refractivity contribution is 5.94. The second kappa shape index (κ2) is 6.54. The van der Waals surface area contributed by atoms with Crippen molar-refractivity contribution in [2.24, 2.45) is 0 Å². The van der Waals surface area contributed by atoms with Gasteiger partial charge in [0, 0.05) is 29.7 Å². The van der Waals surface area contributed by atoms with E-state index in [1.54, 1.807) is 18.3 Å². The summed E-state index contributed by atoms with van der Waals surface area (Å²) >= 11 is 0. The largest absolute Gasteiger partial charge is 0.399 e. The molecule has 1 aliphatic rings. The van der Waals surface area contributed by atoms with Crippen LogP contribution in [0, 0.1) is 0 Å². The van der Waals surface area contributed by atoms with Crippen LogP contribution >= 0.6 is 0 Å². The van der Waals surface area contributed by atoms with Gasteiger partial charge in [-0.05, 0) is 42.5 Å². The minimum Gasteiger partial charge on any atom is -0.399 e. The smallest absolute Gasteiger partial charge is 0.265 e. The molecule has 0 saturated carbocycles. The maximum Gasteiger partial charge on any atom is 0.265 e. The second-order valence-corrected chi connectivity index (χ2v) is 5.96. The lowest BCUT2D eigenvalue weighted by atomic mass is 10.2. The molecule has 0 radical (unpaired) electrons. The normalized spacial score (nSPS) is 15.4. The van der Waals surface area contributed by atoms with Gasteiger partial charge in [0.2, 0.25) is 0 Å². The van der Waals surface area contributed by atoms with Gasteiger partial charge >= 0.3 is 0 Å². The third-order valence-corrected chi connectivity index (χ3v) is 4.24. The number of carbonyl (C=O) groups is 1. The third kappa shape index (κ3) is 3.19. The van der Waals surface area contributed by atoms with Crippen molar-refractivity contribution in [2.75, 3.05) is 32.0 Å². The van der Waals surface area contributed by atoms with E-state index >= 15 is 0 Å². The first-order valence-corrected chi connectivity index (χ1v) is 8.18. The molecule has 3 N–H and O–H groups in total. The Bertz CT molecular complexity index is 897. The van der Waals surface area contributed by atoms with Crippen molar-refractivity contribution in [3.63, 3.8) is 0 Å². The van der Waals surface area contributed by atoms with Gasteiger partial charge in [-0.15, -0.1) is 0 Å². The number of morpholine rings is 1. The van der Waals surface area contributed by atoms with Crippen LogP contribution in [-0.4, -0.2) is 47.0 Å². The molecule has 25 heavy (non-hydrogen) atoms. The summed E-state index contributed by atoms with van der Waals surface area (Å²) in [5.74, 6) is -0.119. The molecule has 1 saturated heterocycles. The van der Waals surface area contributed by atoms with E-state index in [1.165, 1.54) is 0 Å². The number of nitrogens with zero attached hydrogens (tertiary/aromatic N) is 3. The molecule has 2 heterocycles. The molecular weight excluding hydrogens is 318 g/mol. The Morgan fingerprint density at radius 3 is 2.64 bits per heavy atom. The standard InChI is InChI=1S/C18H19N5O2/c19-15-3-6-17-14(11-15)12-20-23(17)16-4-1-13(2-5-16)18(24)21-22-7-9-25-10-8-22/h1-6,11-12H,7-10,19H2,(H,21,24). The van der Waals surface area contributed by atoms with E-state index in [-0.39, 0.29) is 5.91 Å². The van der Waals surface area contributed by atoms with Crippen LogP contribution in [0.4, 0.5) is 5.69 Å². The molecule has 7 nitrogen and oxygen atoms in total. The van der Waals surface area contributed by atoms with Gasteiger partial charge in [-0.2, -0.15) is 5.10 Å². The molecule has 1 aromatic heterocycles. The number of hydrogen-bond donors (Lipinski definition) is 2. The Kier molecular flexibility index (Phi) is 4.09. The fourth-order valence-corrected chi connectivity index (χ4v) is 2.89. The number of ether oxygens (including phenoxy) is 1. The topological polar surface area (TPSA) is 85.4 Å². The summed E-state index contributed by atoms with van der Waals surface area (Å²) < 4.78 is 7.11. The highest BCUT2D eigenvalue weighted by atomic mass is 16.5. The summed E-state index contributed by atoms with van der Waals surface area (Å²) in [7, 11) is 0. The number of carbonyl (C=O) groups excluding carboxylic acids is 1. The van der Waals surface area contributed by atoms with Crippen molar-refractivity contribution in [3.8, 4) is 5.69 Å². The number of hydrogen-bond acceptors (Lipinski definition) is 5. The minimum atomic E-state index is -0.119. The van der Waals surface area contributed by atoms with Crippen molar-refractivity contribution in [1.82, 2.24) is 20.2 Å². The van der Waals surface area contributed by atoms with Crippen LogP contribution in [0.3, 0.4) is 0 Å². The second-order valence-electron chi connectivity index (χ2n) is 5.96. The number of hydrazine groups is 1. The Morgan fingerprint density at radius 1 is 1.12 bits per heavy atom. The van der Waals surface area contributed by atoms with Crippen LogP contribution in [-0.2, 0) is 4.74 Å². The molecule has 0 bridgehead atoms. The number of rotatable bonds is 3. The number of aromatic nitrogens is 2. The summed E-state index contributed by atoms with van der Waals surface area (Å²) in [4.78, 5) is 12.3. The maximum atomic E-state index is 12.3. The first-order valence-electron chi connectivity index (χ1n) is 8.18. The predicted molar refractivity (Wildman–Crippen MR) is 95.3 cm³/mol. The third-order valence-electron chi connectivity index (χ3n) is 4.24. The Balaban J connectivity index is 1.53. The maximum absolute atomic E-state index is 12.3. The zero-order chi connectivity index (χ0) is 17.2. The van der Waals surface area contributed by atoms with Gasteiger partial charge in [0.05, 0.1) is 30.6 Å². The number of anilines is 1. The number of benzene rings is 2. The molecule has 3 aromatic rings. The molecular formula is C18H19N5O2. The summed E-state index contributed by atoms with van der Waals surface area (Å²) in [5.41, 5.74) is 11.9. The van der Waals surface area contributed by atoms with Crippen molar-refractivity contribution < 1.29 is 9.53 Å². The fourth-order valence-electron chi connectivity index (χ4n) is 2.89.